The van der Waals surface area contributed by atoms with Crippen molar-refractivity contribution in [2.24, 2.45) is 5.92 Å². The topological polar surface area (TPSA) is 38.8 Å². The molecule has 4 nitrogen and oxygen atoms in total. The molecule has 110 valence electrons. The molecule has 1 aliphatic rings. The van der Waals surface area contributed by atoms with Gasteiger partial charge >= 0.3 is 0 Å². The molecule has 20 heavy (non-hydrogen) atoms. The molecular weight excluding hydrogens is 254 g/mol. The zero-order chi connectivity index (χ0) is 14.4. The molecule has 1 aromatic rings. The molecule has 0 saturated carbocycles. The van der Waals surface area contributed by atoms with Crippen molar-refractivity contribution in [2.45, 2.75) is 19.8 Å². The molecule has 2 rings (SSSR count). The number of carbonyl (C=O) groups is 1. The van der Waals surface area contributed by atoms with Gasteiger partial charge in [0.25, 0.3) is 5.91 Å². The molecule has 1 fully saturated rings. The average Bonchev–Trinajstić information content (AvgIpc) is 2.48. The monoisotopic (exact) mass is 277 g/mol. The van der Waals surface area contributed by atoms with Crippen LogP contribution in [0.25, 0.3) is 0 Å². The first-order valence-corrected chi connectivity index (χ1v) is 7.22. The Kier molecular flexibility index (Phi) is 5.41. The Morgan fingerprint density at radius 1 is 1.20 bits per heavy atom. The third kappa shape index (κ3) is 3.97. The Bertz CT molecular complexity index is 422. The molecule has 0 unspecified atom stereocenters. The van der Waals surface area contributed by atoms with E-state index in [0.29, 0.717) is 13.2 Å². The van der Waals surface area contributed by atoms with Gasteiger partial charge in [-0.1, -0.05) is 6.92 Å². The number of nitrogens with zero attached hydrogens (tertiary/aromatic N) is 1. The summed E-state index contributed by atoms with van der Waals surface area (Å²) in [5.74, 6) is 1.63. The smallest absolute Gasteiger partial charge is 0.253 e. The van der Waals surface area contributed by atoms with Gasteiger partial charge in [-0.3, -0.25) is 4.79 Å². The maximum absolute atomic E-state index is 12.3. The van der Waals surface area contributed by atoms with E-state index in [0.717, 1.165) is 43.2 Å². The number of piperidine rings is 1. The highest BCUT2D eigenvalue weighted by atomic mass is 16.5. The van der Waals surface area contributed by atoms with Gasteiger partial charge in [0.05, 0.1) is 6.61 Å². The molecule has 0 N–H and O–H groups in total. The molecule has 0 aliphatic carbocycles. The lowest BCUT2D eigenvalue weighted by atomic mass is 9.98. The molecule has 1 aliphatic heterocycles. The molecule has 0 spiro atoms. The highest BCUT2D eigenvalue weighted by Crippen LogP contribution is 2.19. The summed E-state index contributed by atoms with van der Waals surface area (Å²) in [6.45, 7) is 5.06. The Morgan fingerprint density at radius 3 is 2.45 bits per heavy atom. The number of amides is 1. The minimum atomic E-state index is 0.125. The minimum absolute atomic E-state index is 0.125. The van der Waals surface area contributed by atoms with E-state index in [1.807, 2.05) is 29.2 Å². The van der Waals surface area contributed by atoms with Crippen molar-refractivity contribution in [3.63, 3.8) is 0 Å². The second kappa shape index (κ2) is 7.29. The number of ether oxygens (including phenoxy) is 2. The van der Waals surface area contributed by atoms with E-state index < -0.39 is 0 Å². The van der Waals surface area contributed by atoms with Crippen LogP contribution < -0.4 is 4.74 Å². The first-order chi connectivity index (χ1) is 9.70. The first-order valence-electron chi connectivity index (χ1n) is 7.22. The predicted octanol–water partition coefficient (Wildman–Crippen LogP) is 2.58. The fourth-order valence-corrected chi connectivity index (χ4v) is 2.33. The molecule has 1 saturated heterocycles. The van der Waals surface area contributed by atoms with Gasteiger partial charge in [-0.15, -0.1) is 0 Å². The van der Waals surface area contributed by atoms with Gasteiger partial charge in [0.1, 0.15) is 12.4 Å². The van der Waals surface area contributed by atoms with Crippen molar-refractivity contribution in [3.05, 3.63) is 29.8 Å². The van der Waals surface area contributed by atoms with Crippen molar-refractivity contribution in [3.8, 4) is 5.75 Å². The van der Waals surface area contributed by atoms with Crippen molar-refractivity contribution in [2.75, 3.05) is 33.4 Å². The van der Waals surface area contributed by atoms with Crippen LogP contribution in [0, 0.1) is 5.92 Å². The summed E-state index contributed by atoms with van der Waals surface area (Å²) in [5.41, 5.74) is 0.735. The summed E-state index contributed by atoms with van der Waals surface area (Å²) >= 11 is 0. The van der Waals surface area contributed by atoms with Crippen molar-refractivity contribution >= 4 is 5.91 Å². The summed E-state index contributed by atoms with van der Waals surface area (Å²) in [6.07, 6.45) is 2.20. The van der Waals surface area contributed by atoms with Crippen molar-refractivity contribution < 1.29 is 14.3 Å². The van der Waals surface area contributed by atoms with Crippen molar-refractivity contribution in [1.29, 1.82) is 0 Å². The van der Waals surface area contributed by atoms with Crippen LogP contribution >= 0.6 is 0 Å². The number of hydrogen-bond donors (Lipinski definition) is 0. The van der Waals surface area contributed by atoms with E-state index >= 15 is 0 Å². The van der Waals surface area contributed by atoms with E-state index in [2.05, 4.69) is 6.92 Å². The summed E-state index contributed by atoms with van der Waals surface area (Å²) < 4.78 is 10.4. The molecule has 1 aromatic carbocycles. The van der Waals surface area contributed by atoms with Crippen LogP contribution in [0.5, 0.6) is 5.75 Å². The molecule has 1 heterocycles. The number of carbonyl (C=O) groups excluding carboxylic acids is 1. The molecular formula is C16H23NO3. The van der Waals surface area contributed by atoms with Crippen LogP contribution in [0.4, 0.5) is 0 Å². The zero-order valence-electron chi connectivity index (χ0n) is 12.3. The number of hydrogen-bond acceptors (Lipinski definition) is 3. The Hall–Kier alpha value is -1.55. The fraction of sp³-hybridized carbons (Fsp3) is 0.562. The lowest BCUT2D eigenvalue weighted by Crippen LogP contribution is -2.37. The van der Waals surface area contributed by atoms with Crippen LogP contribution in [0.3, 0.4) is 0 Å². The van der Waals surface area contributed by atoms with Crippen LogP contribution in [-0.4, -0.2) is 44.2 Å². The lowest BCUT2D eigenvalue weighted by molar-refractivity contribution is 0.0697. The van der Waals surface area contributed by atoms with Gasteiger partial charge in [0.15, 0.2) is 0 Å². The van der Waals surface area contributed by atoms with E-state index in [1.165, 1.54) is 0 Å². The summed E-state index contributed by atoms with van der Waals surface area (Å²) in [5, 5.41) is 0. The summed E-state index contributed by atoms with van der Waals surface area (Å²) in [6, 6.07) is 7.36. The molecule has 1 amide bonds. The Labute approximate surface area is 120 Å². The predicted molar refractivity (Wildman–Crippen MR) is 78.1 cm³/mol. The van der Waals surface area contributed by atoms with Gasteiger partial charge in [-0.05, 0) is 43.0 Å². The normalized spacial score (nSPS) is 16.2. The average molecular weight is 277 g/mol. The van der Waals surface area contributed by atoms with Gasteiger partial charge in [0, 0.05) is 25.8 Å². The van der Waals surface area contributed by atoms with Crippen LogP contribution in [-0.2, 0) is 4.74 Å². The molecule has 0 radical (unpaired) electrons. The number of methoxy groups -OCH3 is 1. The second-order valence-electron chi connectivity index (χ2n) is 5.34. The lowest BCUT2D eigenvalue weighted by Gasteiger charge is -2.30. The van der Waals surface area contributed by atoms with E-state index in [4.69, 9.17) is 9.47 Å². The maximum Gasteiger partial charge on any atom is 0.253 e. The third-order valence-corrected chi connectivity index (χ3v) is 3.73. The number of benzene rings is 1. The summed E-state index contributed by atoms with van der Waals surface area (Å²) in [4.78, 5) is 14.3. The second-order valence-corrected chi connectivity index (χ2v) is 5.34. The summed E-state index contributed by atoms with van der Waals surface area (Å²) in [7, 11) is 1.64. The number of likely N-dealkylation sites (tertiary alicyclic amines) is 1. The largest absolute Gasteiger partial charge is 0.491 e. The maximum atomic E-state index is 12.3. The van der Waals surface area contributed by atoms with Gasteiger partial charge in [-0.25, -0.2) is 0 Å². The number of rotatable bonds is 5. The standard InChI is InChI=1S/C16H23NO3/c1-13-7-9-17(10-8-13)16(18)14-3-5-15(6-4-14)20-12-11-19-2/h3-6,13H,7-12H2,1-2H3. The van der Waals surface area contributed by atoms with E-state index in [-0.39, 0.29) is 5.91 Å². The van der Waals surface area contributed by atoms with E-state index in [1.54, 1.807) is 7.11 Å². The molecule has 0 bridgehead atoms. The fourth-order valence-electron chi connectivity index (χ4n) is 2.33. The van der Waals surface area contributed by atoms with Crippen LogP contribution in [0.15, 0.2) is 24.3 Å². The van der Waals surface area contributed by atoms with Gasteiger partial charge < -0.3 is 14.4 Å². The molecule has 0 atom stereocenters. The first kappa shape index (κ1) is 14.9. The molecule has 0 aromatic heterocycles. The van der Waals surface area contributed by atoms with Gasteiger partial charge in [-0.2, -0.15) is 0 Å². The minimum Gasteiger partial charge on any atom is -0.491 e. The van der Waals surface area contributed by atoms with Crippen LogP contribution in [0.2, 0.25) is 0 Å². The van der Waals surface area contributed by atoms with Crippen LogP contribution in [0.1, 0.15) is 30.1 Å². The molecule has 4 heteroatoms. The van der Waals surface area contributed by atoms with Crippen molar-refractivity contribution in [1.82, 2.24) is 4.90 Å². The zero-order valence-corrected chi connectivity index (χ0v) is 12.3. The van der Waals surface area contributed by atoms with E-state index in [9.17, 15) is 4.79 Å². The quantitative estimate of drug-likeness (QED) is 0.777. The van der Waals surface area contributed by atoms with Gasteiger partial charge in [0.2, 0.25) is 0 Å². The highest BCUT2D eigenvalue weighted by Gasteiger charge is 2.21. The Morgan fingerprint density at radius 2 is 1.85 bits per heavy atom. The SMILES string of the molecule is COCCOc1ccc(C(=O)N2CCC(C)CC2)cc1. The Balaban J connectivity index is 1.90. The third-order valence-electron chi connectivity index (χ3n) is 3.73. The highest BCUT2D eigenvalue weighted by molar-refractivity contribution is 5.94.